The van der Waals surface area contributed by atoms with Crippen molar-refractivity contribution < 1.29 is 14.3 Å². The Morgan fingerprint density at radius 2 is 1.97 bits per heavy atom. The molecule has 3 aromatic heterocycles. The van der Waals surface area contributed by atoms with Crippen LogP contribution in [0.25, 0.3) is 16.7 Å². The molecule has 0 N–H and O–H groups in total. The molecule has 8 nitrogen and oxygen atoms in total. The van der Waals surface area contributed by atoms with E-state index in [-0.39, 0.29) is 28.6 Å². The lowest BCUT2D eigenvalue weighted by atomic mass is 10.2. The Balaban J connectivity index is 2.07. The van der Waals surface area contributed by atoms with Crippen molar-refractivity contribution in [2.75, 3.05) is 6.61 Å². The van der Waals surface area contributed by atoms with Gasteiger partial charge in [0, 0.05) is 23.3 Å². The molecule has 0 aliphatic carbocycles. The zero-order valence-corrected chi connectivity index (χ0v) is 18.3. The largest absolute Gasteiger partial charge is 0.462 e. The summed E-state index contributed by atoms with van der Waals surface area (Å²) in [4.78, 5) is 47.2. The highest BCUT2D eigenvalue weighted by atomic mass is 79.9. The van der Waals surface area contributed by atoms with Gasteiger partial charge < -0.3 is 9.30 Å². The van der Waals surface area contributed by atoms with Crippen molar-refractivity contribution in [3.05, 3.63) is 86.2 Å². The van der Waals surface area contributed by atoms with Crippen molar-refractivity contribution in [2.45, 2.75) is 6.92 Å². The Morgan fingerprint density at radius 3 is 2.71 bits per heavy atom. The number of amides is 1. The number of rotatable bonds is 3. The average Bonchev–Trinajstić information content (AvgIpc) is 2.76. The molecule has 9 heteroatoms. The van der Waals surface area contributed by atoms with Gasteiger partial charge in [0.25, 0.3) is 11.5 Å². The summed E-state index contributed by atoms with van der Waals surface area (Å²) in [6, 6.07) is 13.3. The molecule has 0 aliphatic rings. The molecule has 31 heavy (non-hydrogen) atoms. The van der Waals surface area contributed by atoms with Gasteiger partial charge in [0.2, 0.25) is 0 Å². The van der Waals surface area contributed by atoms with Gasteiger partial charge in [-0.25, -0.2) is 9.78 Å². The van der Waals surface area contributed by atoms with Crippen LogP contribution in [0.5, 0.6) is 0 Å². The van der Waals surface area contributed by atoms with Gasteiger partial charge in [-0.15, -0.1) is 0 Å². The molecule has 0 saturated carbocycles. The number of pyridine rings is 2. The Hall–Kier alpha value is -3.59. The van der Waals surface area contributed by atoms with Crippen molar-refractivity contribution in [2.24, 2.45) is 12.0 Å². The number of nitrogens with zero attached hydrogens (tertiary/aromatic N) is 4. The van der Waals surface area contributed by atoms with Gasteiger partial charge in [0.15, 0.2) is 5.49 Å². The summed E-state index contributed by atoms with van der Waals surface area (Å²) in [5.41, 5.74) is 0.800. The molecule has 4 rings (SSSR count). The number of ether oxygens (including phenoxy) is 1. The highest BCUT2D eigenvalue weighted by Crippen LogP contribution is 2.13. The molecule has 0 unspecified atom stereocenters. The van der Waals surface area contributed by atoms with Crippen LogP contribution < -0.4 is 11.0 Å². The lowest BCUT2D eigenvalue weighted by molar-refractivity contribution is 0.0523. The fourth-order valence-electron chi connectivity index (χ4n) is 3.24. The van der Waals surface area contributed by atoms with Crippen LogP contribution >= 0.6 is 15.9 Å². The molecule has 1 amide bonds. The van der Waals surface area contributed by atoms with Crippen molar-refractivity contribution in [1.29, 1.82) is 0 Å². The number of aryl methyl sites for hydroxylation is 1. The monoisotopic (exact) mass is 480 g/mol. The first-order valence-electron chi connectivity index (χ1n) is 9.43. The highest BCUT2D eigenvalue weighted by molar-refractivity contribution is 9.10. The number of aromatic nitrogens is 3. The van der Waals surface area contributed by atoms with Crippen molar-refractivity contribution in [3.8, 4) is 0 Å². The van der Waals surface area contributed by atoms with Gasteiger partial charge in [-0.2, -0.15) is 4.99 Å². The second-order valence-electron chi connectivity index (χ2n) is 6.67. The van der Waals surface area contributed by atoms with E-state index in [1.807, 2.05) is 0 Å². The molecule has 0 fully saturated rings. The highest BCUT2D eigenvalue weighted by Gasteiger charge is 2.18. The Morgan fingerprint density at radius 1 is 1.16 bits per heavy atom. The number of carbonyl (C=O) groups excluding carboxylic acids is 2. The van der Waals surface area contributed by atoms with E-state index in [0.717, 1.165) is 4.47 Å². The average molecular weight is 481 g/mol. The molecule has 0 radical (unpaired) electrons. The summed E-state index contributed by atoms with van der Waals surface area (Å²) in [6.45, 7) is 1.81. The zero-order valence-electron chi connectivity index (χ0n) is 16.7. The number of benzene rings is 1. The summed E-state index contributed by atoms with van der Waals surface area (Å²) in [5.74, 6) is -1.22. The number of fused-ring (bicyclic) bond motifs is 2. The second kappa shape index (κ2) is 8.27. The third kappa shape index (κ3) is 3.79. The molecule has 0 aliphatic heterocycles. The van der Waals surface area contributed by atoms with Crippen LogP contribution in [0.15, 0.2) is 69.0 Å². The van der Waals surface area contributed by atoms with Crippen LogP contribution in [0.1, 0.15) is 27.6 Å². The molecule has 0 atom stereocenters. The Bertz CT molecular complexity index is 1490. The first-order valence-corrected chi connectivity index (χ1v) is 10.2. The van der Waals surface area contributed by atoms with E-state index in [1.165, 1.54) is 15.0 Å². The quantitative estimate of drug-likeness (QED) is 0.331. The second-order valence-corrected chi connectivity index (χ2v) is 7.59. The van der Waals surface area contributed by atoms with Crippen molar-refractivity contribution in [3.63, 3.8) is 0 Å². The van der Waals surface area contributed by atoms with Crippen LogP contribution in [0.2, 0.25) is 0 Å². The van der Waals surface area contributed by atoms with Gasteiger partial charge in [-0.3, -0.25) is 14.0 Å². The molecular formula is C22H17BrN4O4. The third-order valence-electron chi connectivity index (χ3n) is 4.69. The maximum atomic E-state index is 13.0. The fraction of sp³-hybridized carbons (Fsp3) is 0.136. The molecule has 3 heterocycles. The van der Waals surface area contributed by atoms with E-state index in [2.05, 4.69) is 25.9 Å². The molecular weight excluding hydrogens is 464 g/mol. The van der Waals surface area contributed by atoms with Crippen molar-refractivity contribution >= 4 is 44.5 Å². The number of hydrogen-bond acceptors (Lipinski definition) is 5. The van der Waals surface area contributed by atoms with Crippen molar-refractivity contribution in [1.82, 2.24) is 14.0 Å². The number of hydrogen-bond donors (Lipinski definition) is 0. The van der Waals surface area contributed by atoms with Gasteiger partial charge in [0.1, 0.15) is 16.9 Å². The molecule has 4 aromatic rings. The maximum absolute atomic E-state index is 13.0. The predicted molar refractivity (Wildman–Crippen MR) is 118 cm³/mol. The molecule has 0 saturated heterocycles. The summed E-state index contributed by atoms with van der Waals surface area (Å²) < 4.78 is 8.72. The fourth-order valence-corrected chi connectivity index (χ4v) is 3.64. The molecule has 156 valence electrons. The summed E-state index contributed by atoms with van der Waals surface area (Å²) >= 11 is 3.33. The van der Waals surface area contributed by atoms with E-state index in [4.69, 9.17) is 4.74 Å². The minimum absolute atomic E-state index is 0.00924. The lowest BCUT2D eigenvalue weighted by Crippen LogP contribution is -2.31. The van der Waals surface area contributed by atoms with Crippen LogP contribution in [0.3, 0.4) is 0 Å². The Kier molecular flexibility index (Phi) is 5.51. The standard InChI is InChI=1S/C22H17BrN4O4/c1-3-31-22(30)16-12-15-18(24-17-9-4-5-10-27(17)21(15)29)26(2)19(16)25-20(28)13-7-6-8-14(23)11-13/h4-12H,3H2,1-2H3. The van der Waals surface area contributed by atoms with Gasteiger partial charge in [0.05, 0.1) is 12.0 Å². The third-order valence-corrected chi connectivity index (χ3v) is 5.18. The SMILES string of the molecule is CCOC(=O)c1cc2c(=O)n3ccccc3nc2n(C)c1=NC(=O)c1cccc(Br)c1. The summed E-state index contributed by atoms with van der Waals surface area (Å²) in [7, 11) is 1.60. The normalized spacial score (nSPS) is 11.8. The van der Waals surface area contributed by atoms with E-state index in [9.17, 15) is 14.4 Å². The predicted octanol–water partition coefficient (Wildman–Crippen LogP) is 2.87. The van der Waals surface area contributed by atoms with Crippen LogP contribution in [-0.4, -0.2) is 32.4 Å². The minimum atomic E-state index is -0.682. The van der Waals surface area contributed by atoms with Crippen LogP contribution in [0, 0.1) is 0 Å². The van der Waals surface area contributed by atoms with Gasteiger partial charge >= 0.3 is 5.97 Å². The molecule has 0 bridgehead atoms. The van der Waals surface area contributed by atoms with E-state index < -0.39 is 11.9 Å². The molecule has 1 aromatic carbocycles. The van der Waals surface area contributed by atoms with Gasteiger partial charge in [-0.1, -0.05) is 28.1 Å². The van der Waals surface area contributed by atoms with Gasteiger partial charge in [-0.05, 0) is 43.3 Å². The number of halogens is 1. The first kappa shape index (κ1) is 20.7. The van der Waals surface area contributed by atoms with E-state index in [1.54, 1.807) is 62.6 Å². The topological polar surface area (TPSA) is 95.0 Å². The van der Waals surface area contributed by atoms with Crippen LogP contribution in [0.4, 0.5) is 0 Å². The maximum Gasteiger partial charge on any atom is 0.341 e. The lowest BCUT2D eigenvalue weighted by Gasteiger charge is -2.11. The smallest absolute Gasteiger partial charge is 0.341 e. The summed E-state index contributed by atoms with van der Waals surface area (Å²) in [5, 5.41) is 0.211. The van der Waals surface area contributed by atoms with E-state index >= 15 is 0 Å². The molecule has 0 spiro atoms. The van der Waals surface area contributed by atoms with Crippen LogP contribution in [-0.2, 0) is 11.8 Å². The first-order chi connectivity index (χ1) is 14.9. The number of esters is 1. The summed E-state index contributed by atoms with van der Waals surface area (Å²) in [6.07, 6.45) is 1.60. The Labute approximate surface area is 184 Å². The number of carbonyl (C=O) groups is 2. The zero-order chi connectivity index (χ0) is 22.1. The minimum Gasteiger partial charge on any atom is -0.462 e. The van der Waals surface area contributed by atoms with E-state index in [0.29, 0.717) is 16.9 Å².